The van der Waals surface area contributed by atoms with Crippen LogP contribution in [0.25, 0.3) is 11.1 Å². The second-order valence-corrected chi connectivity index (χ2v) is 9.76. The monoisotopic (exact) mass is 462 g/mol. The van der Waals surface area contributed by atoms with E-state index in [0.717, 1.165) is 19.3 Å². The lowest BCUT2D eigenvalue weighted by atomic mass is 9.83. The first-order valence-electron chi connectivity index (χ1n) is 12.6. The van der Waals surface area contributed by atoms with E-state index < -0.39 is 23.3 Å². The van der Waals surface area contributed by atoms with E-state index in [4.69, 9.17) is 4.74 Å². The quantitative estimate of drug-likeness (QED) is 0.267. The van der Waals surface area contributed by atoms with Crippen LogP contribution < -0.4 is 4.74 Å². The molecule has 2 aliphatic rings. The van der Waals surface area contributed by atoms with E-state index >= 15 is 8.78 Å². The average Bonchev–Trinajstić information content (AvgIpc) is 3.40. The molecular formula is C28H34F4O. The van der Waals surface area contributed by atoms with Gasteiger partial charge in [0.05, 0.1) is 6.61 Å². The number of rotatable bonds is 9. The molecule has 4 atom stereocenters. The van der Waals surface area contributed by atoms with Crippen LogP contribution in [0.5, 0.6) is 5.75 Å². The average molecular weight is 463 g/mol. The van der Waals surface area contributed by atoms with E-state index in [2.05, 4.69) is 6.92 Å². The summed E-state index contributed by atoms with van der Waals surface area (Å²) >= 11 is 0. The first-order valence-corrected chi connectivity index (χ1v) is 12.6. The molecular weight excluding hydrogens is 428 g/mol. The Bertz CT molecular complexity index is 973. The van der Waals surface area contributed by atoms with Gasteiger partial charge < -0.3 is 4.74 Å². The Morgan fingerprint density at radius 1 is 0.727 bits per heavy atom. The third-order valence-corrected chi connectivity index (χ3v) is 7.84. The van der Waals surface area contributed by atoms with Crippen LogP contribution in [0, 0.1) is 41.0 Å². The van der Waals surface area contributed by atoms with Crippen molar-refractivity contribution in [3.05, 3.63) is 53.1 Å². The van der Waals surface area contributed by atoms with Gasteiger partial charge in [0.2, 0.25) is 5.82 Å². The predicted molar refractivity (Wildman–Crippen MR) is 123 cm³/mol. The molecule has 0 amide bonds. The SMILES string of the molecule is CCCCCC1CCC2C(c3ccc(-c4ccc(OCCC)c(F)c4F)c(F)c3F)CCC12. The van der Waals surface area contributed by atoms with Crippen molar-refractivity contribution in [3.63, 3.8) is 0 Å². The molecule has 1 nitrogen and oxygen atoms in total. The highest BCUT2D eigenvalue weighted by Gasteiger charge is 2.45. The van der Waals surface area contributed by atoms with Gasteiger partial charge in [-0.15, -0.1) is 0 Å². The van der Waals surface area contributed by atoms with Gasteiger partial charge in [0, 0.05) is 11.1 Å². The molecule has 4 rings (SSSR count). The summed E-state index contributed by atoms with van der Waals surface area (Å²) in [7, 11) is 0. The van der Waals surface area contributed by atoms with E-state index in [-0.39, 0.29) is 29.4 Å². The third kappa shape index (κ3) is 4.65. The molecule has 2 aromatic rings. The second kappa shape index (κ2) is 10.5. The molecule has 4 unspecified atom stereocenters. The highest BCUT2D eigenvalue weighted by Crippen LogP contribution is 2.56. The Hall–Kier alpha value is -2.04. The minimum Gasteiger partial charge on any atom is -0.490 e. The van der Waals surface area contributed by atoms with E-state index in [1.54, 1.807) is 6.07 Å². The molecule has 0 radical (unpaired) electrons. The first-order chi connectivity index (χ1) is 16.0. The molecule has 0 saturated heterocycles. The number of fused-ring (bicyclic) bond motifs is 1. The van der Waals surface area contributed by atoms with Crippen molar-refractivity contribution in [3.8, 4) is 16.9 Å². The third-order valence-electron chi connectivity index (χ3n) is 7.84. The molecule has 0 N–H and O–H groups in total. The zero-order valence-electron chi connectivity index (χ0n) is 19.6. The highest BCUT2D eigenvalue weighted by atomic mass is 19.2. The summed E-state index contributed by atoms with van der Waals surface area (Å²) in [5, 5.41) is 0. The highest BCUT2D eigenvalue weighted by molar-refractivity contribution is 5.67. The van der Waals surface area contributed by atoms with Crippen LogP contribution in [0.1, 0.15) is 83.1 Å². The molecule has 2 aliphatic carbocycles. The number of halogens is 4. The normalized spacial score (nSPS) is 24.3. The fraction of sp³-hybridized carbons (Fsp3) is 0.571. The van der Waals surface area contributed by atoms with Gasteiger partial charge in [0.25, 0.3) is 0 Å². The van der Waals surface area contributed by atoms with E-state index in [0.29, 0.717) is 29.7 Å². The summed E-state index contributed by atoms with van der Waals surface area (Å²) in [6, 6.07) is 5.51. The van der Waals surface area contributed by atoms with Crippen LogP contribution in [-0.2, 0) is 0 Å². The number of unbranched alkanes of at least 4 members (excludes halogenated alkanes) is 2. The largest absolute Gasteiger partial charge is 0.490 e. The summed E-state index contributed by atoms with van der Waals surface area (Å²) in [6.07, 6.45) is 9.75. The topological polar surface area (TPSA) is 9.23 Å². The van der Waals surface area contributed by atoms with Crippen molar-refractivity contribution >= 4 is 0 Å². The van der Waals surface area contributed by atoms with Gasteiger partial charge in [0.1, 0.15) is 0 Å². The number of hydrogen-bond acceptors (Lipinski definition) is 1. The van der Waals surface area contributed by atoms with Gasteiger partial charge in [-0.3, -0.25) is 0 Å². The number of ether oxygens (including phenoxy) is 1. The Labute approximate surface area is 194 Å². The predicted octanol–water partition coefficient (Wildman–Crippen LogP) is 8.80. The maximum Gasteiger partial charge on any atom is 0.201 e. The fourth-order valence-electron chi connectivity index (χ4n) is 6.24. The summed E-state index contributed by atoms with van der Waals surface area (Å²) < 4.78 is 64.7. The van der Waals surface area contributed by atoms with Crippen molar-refractivity contribution in [2.75, 3.05) is 6.61 Å². The van der Waals surface area contributed by atoms with Gasteiger partial charge in [-0.05, 0) is 73.5 Å². The van der Waals surface area contributed by atoms with Crippen molar-refractivity contribution in [2.24, 2.45) is 17.8 Å². The maximum absolute atomic E-state index is 15.3. The van der Waals surface area contributed by atoms with E-state index in [1.807, 2.05) is 6.92 Å². The van der Waals surface area contributed by atoms with E-state index in [1.165, 1.54) is 50.3 Å². The first kappa shape index (κ1) is 24.1. The van der Waals surface area contributed by atoms with Gasteiger partial charge in [-0.25, -0.2) is 13.2 Å². The summed E-state index contributed by atoms with van der Waals surface area (Å²) in [4.78, 5) is 0. The van der Waals surface area contributed by atoms with Crippen LogP contribution in [0.3, 0.4) is 0 Å². The Balaban J connectivity index is 1.56. The Morgan fingerprint density at radius 3 is 2.15 bits per heavy atom. The van der Waals surface area contributed by atoms with Crippen LogP contribution in [0.2, 0.25) is 0 Å². The standard InChI is InChI=1S/C28H34F4O/c1-3-5-6-7-17-8-9-19-18(17)10-11-20(19)21-12-13-22(26(30)25(21)29)23-14-15-24(33-16-4-2)28(32)27(23)31/h12-15,17-20H,3-11,16H2,1-2H3. The fourth-order valence-corrected chi connectivity index (χ4v) is 6.24. The zero-order valence-corrected chi connectivity index (χ0v) is 19.6. The molecule has 5 heteroatoms. The van der Waals surface area contributed by atoms with Gasteiger partial charge in [0.15, 0.2) is 23.2 Å². The lowest BCUT2D eigenvalue weighted by Crippen LogP contribution is -2.14. The minimum absolute atomic E-state index is 0.00104. The maximum atomic E-state index is 15.3. The smallest absolute Gasteiger partial charge is 0.201 e. The molecule has 0 heterocycles. The molecule has 0 bridgehead atoms. The van der Waals surface area contributed by atoms with Crippen molar-refractivity contribution < 1.29 is 22.3 Å². The number of hydrogen-bond donors (Lipinski definition) is 0. The second-order valence-electron chi connectivity index (χ2n) is 9.76. The lowest BCUT2D eigenvalue weighted by Gasteiger charge is -2.22. The van der Waals surface area contributed by atoms with Crippen LogP contribution in [0.4, 0.5) is 17.6 Å². The summed E-state index contributed by atoms with van der Waals surface area (Å²) in [5.41, 5.74) is -0.157. The summed E-state index contributed by atoms with van der Waals surface area (Å²) in [5.74, 6) is -2.96. The van der Waals surface area contributed by atoms with Crippen molar-refractivity contribution in [1.82, 2.24) is 0 Å². The van der Waals surface area contributed by atoms with Gasteiger partial charge >= 0.3 is 0 Å². The molecule has 2 saturated carbocycles. The summed E-state index contributed by atoms with van der Waals surface area (Å²) in [6.45, 7) is 4.31. The molecule has 2 fully saturated rings. The van der Waals surface area contributed by atoms with Gasteiger partial charge in [-0.1, -0.05) is 51.7 Å². The zero-order chi connectivity index (χ0) is 23.5. The molecule has 33 heavy (non-hydrogen) atoms. The lowest BCUT2D eigenvalue weighted by molar-refractivity contribution is 0.295. The van der Waals surface area contributed by atoms with E-state index in [9.17, 15) is 8.78 Å². The van der Waals surface area contributed by atoms with Crippen LogP contribution >= 0.6 is 0 Å². The molecule has 180 valence electrons. The Kier molecular flexibility index (Phi) is 7.65. The minimum atomic E-state index is -1.22. The van der Waals surface area contributed by atoms with Crippen LogP contribution in [-0.4, -0.2) is 6.61 Å². The Morgan fingerprint density at radius 2 is 1.42 bits per heavy atom. The molecule has 0 aliphatic heterocycles. The molecule has 0 spiro atoms. The van der Waals surface area contributed by atoms with Crippen molar-refractivity contribution in [1.29, 1.82) is 0 Å². The van der Waals surface area contributed by atoms with Crippen LogP contribution in [0.15, 0.2) is 24.3 Å². The van der Waals surface area contributed by atoms with Gasteiger partial charge in [-0.2, -0.15) is 4.39 Å². The molecule has 2 aromatic carbocycles. The van der Waals surface area contributed by atoms with Crippen molar-refractivity contribution in [2.45, 2.75) is 77.6 Å². The number of benzene rings is 2. The molecule has 0 aromatic heterocycles.